The zero-order valence-electron chi connectivity index (χ0n) is 25.7. The number of nitrogens with one attached hydrogen (secondary N) is 4. The summed E-state index contributed by atoms with van der Waals surface area (Å²) in [6.07, 6.45) is 8.86. The molecule has 0 radical (unpaired) electrons. The second kappa shape index (κ2) is 12.2. The Bertz CT molecular complexity index is 2220. The molecule has 8 bridgehead atoms. The molecule has 0 fully saturated rings. The van der Waals surface area contributed by atoms with Crippen LogP contribution in [0, 0.1) is 27.7 Å². The molecule has 0 amide bonds. The second-order valence-corrected chi connectivity index (χ2v) is 12.9. The van der Waals surface area contributed by atoms with Crippen LogP contribution in [0.5, 0.6) is 0 Å². The Labute approximate surface area is 265 Å². The highest BCUT2D eigenvalue weighted by Gasteiger charge is 2.17. The van der Waals surface area contributed by atoms with Crippen molar-refractivity contribution in [2.24, 2.45) is 0 Å². The molecule has 5 heterocycles. The highest BCUT2D eigenvalue weighted by molar-refractivity contribution is 7.90. The molecule has 10 heteroatoms. The van der Waals surface area contributed by atoms with E-state index in [0.717, 1.165) is 97.8 Å². The van der Waals surface area contributed by atoms with Gasteiger partial charge in [0.15, 0.2) is 0 Å². The van der Waals surface area contributed by atoms with Crippen LogP contribution in [-0.2, 0) is 22.4 Å². The third-order valence-corrected chi connectivity index (χ3v) is 9.04. The SMILES string of the molecule is C/C(S)=c1\c(C)c2[nH]\c1=C/c1[nH]c(c(CCC(=O)O)c1C)/C=c1/[nH]/c(c(C)c1CCC(=O)O)=C\c1[nH]c(/c(=C(\C)S)c1C)=C\2. The molecule has 0 atom stereocenters. The monoisotopic (exact) mass is 630 g/mol. The molecule has 0 saturated heterocycles. The molecule has 0 aliphatic carbocycles. The van der Waals surface area contributed by atoms with Crippen LogP contribution in [-0.4, -0.2) is 42.1 Å². The smallest absolute Gasteiger partial charge is 0.303 e. The van der Waals surface area contributed by atoms with E-state index in [2.05, 4.69) is 52.0 Å². The van der Waals surface area contributed by atoms with Crippen molar-refractivity contribution >= 4 is 71.3 Å². The quantitative estimate of drug-likeness (QED) is 0.136. The van der Waals surface area contributed by atoms with Crippen LogP contribution in [0.3, 0.4) is 0 Å². The summed E-state index contributed by atoms with van der Waals surface area (Å²) in [6.45, 7) is 12.1. The summed E-state index contributed by atoms with van der Waals surface area (Å²) in [6, 6.07) is 0. The maximum Gasteiger partial charge on any atom is 0.303 e. The second-order valence-electron chi connectivity index (χ2n) is 11.6. The summed E-state index contributed by atoms with van der Waals surface area (Å²) in [4.78, 5) is 39.3. The summed E-state index contributed by atoms with van der Waals surface area (Å²) in [5.41, 5.74) is 9.33. The van der Waals surface area contributed by atoms with E-state index in [1.165, 1.54) is 0 Å². The van der Waals surface area contributed by atoms with Gasteiger partial charge >= 0.3 is 11.9 Å². The van der Waals surface area contributed by atoms with E-state index >= 15 is 0 Å². The fourth-order valence-electron chi connectivity index (χ4n) is 6.29. The molecule has 4 aromatic heterocycles. The molecule has 4 aromatic rings. The molecule has 230 valence electrons. The predicted octanol–water partition coefficient (Wildman–Crippen LogP) is 2.01. The molecule has 0 spiro atoms. The molecule has 44 heavy (non-hydrogen) atoms. The van der Waals surface area contributed by atoms with Crippen LogP contribution in [0.15, 0.2) is 0 Å². The fraction of sp³-hybridized carbons (Fsp3) is 0.294. The van der Waals surface area contributed by atoms with Crippen molar-refractivity contribution < 1.29 is 19.8 Å². The topological polar surface area (TPSA) is 138 Å². The number of aromatic nitrogens is 4. The Hall–Kier alpha value is -4.02. The summed E-state index contributed by atoms with van der Waals surface area (Å²) >= 11 is 9.49. The van der Waals surface area contributed by atoms with Crippen LogP contribution in [0.4, 0.5) is 0 Å². The summed E-state index contributed by atoms with van der Waals surface area (Å²) in [5.74, 6) is -1.74. The molecule has 6 N–H and O–H groups in total. The number of carboxylic acids is 2. The predicted molar refractivity (Wildman–Crippen MR) is 182 cm³/mol. The number of rotatable bonds is 6. The number of carboxylic acid groups (broad SMARTS) is 2. The van der Waals surface area contributed by atoms with Gasteiger partial charge in [0.05, 0.1) is 0 Å². The van der Waals surface area contributed by atoms with Crippen LogP contribution in [0.25, 0.3) is 34.1 Å². The maximum atomic E-state index is 11.6. The lowest BCUT2D eigenvalue weighted by atomic mass is 10.0. The van der Waals surface area contributed by atoms with Gasteiger partial charge in [0, 0.05) is 67.5 Å². The van der Waals surface area contributed by atoms with E-state index in [1.807, 2.05) is 33.8 Å². The number of aliphatic carboxylic acids is 2. The highest BCUT2D eigenvalue weighted by atomic mass is 32.1. The number of carbonyl (C=O) groups is 2. The Morgan fingerprint density at radius 3 is 1.48 bits per heavy atom. The van der Waals surface area contributed by atoms with Gasteiger partial charge in [0.1, 0.15) is 0 Å². The van der Waals surface area contributed by atoms with Gasteiger partial charge in [-0.3, -0.25) is 9.59 Å². The normalized spacial score (nSPS) is 16.9. The maximum absolute atomic E-state index is 11.6. The summed E-state index contributed by atoms with van der Waals surface area (Å²) < 4.78 is 0. The number of fused-ring (bicyclic) bond motifs is 8. The van der Waals surface area contributed by atoms with Crippen LogP contribution in [0.2, 0.25) is 0 Å². The first-order valence-electron chi connectivity index (χ1n) is 14.5. The van der Waals surface area contributed by atoms with Crippen molar-refractivity contribution in [3.05, 3.63) is 88.0 Å². The Morgan fingerprint density at radius 1 is 0.568 bits per heavy atom. The average Bonchev–Trinajstić information content (AvgIpc) is 3.59. The standard InChI is InChI=1S/C34H38N4O4S2/c1-15-21(7-9-31(39)40)27-14-28-22(8-10-32(41)42)16(2)24(36-28)12-29-34(20(6)44)18(4)26(38-29)13-30-33(19(5)43)17(3)25(37-30)11-23(15)35-27/h11-14,35-38,43-44H,7-10H2,1-6H3,(H,39,40)(H,41,42)/b23-11-,27-14+,29-12-,30-13-,33-19+,34-20-. The minimum absolute atomic E-state index is 0.0110. The van der Waals surface area contributed by atoms with Gasteiger partial charge in [-0.15, -0.1) is 25.3 Å². The zero-order valence-corrected chi connectivity index (χ0v) is 27.5. The minimum Gasteiger partial charge on any atom is -0.481 e. The van der Waals surface area contributed by atoms with E-state index in [4.69, 9.17) is 25.3 Å². The number of hydrogen-bond acceptors (Lipinski definition) is 4. The van der Waals surface area contributed by atoms with Crippen molar-refractivity contribution in [2.75, 3.05) is 0 Å². The molecule has 0 unspecified atom stereocenters. The molecule has 0 aromatic carbocycles. The lowest BCUT2D eigenvalue weighted by Gasteiger charge is -2.01. The van der Waals surface area contributed by atoms with Crippen LogP contribution >= 0.6 is 25.3 Å². The molecular weight excluding hydrogens is 593 g/mol. The van der Waals surface area contributed by atoms with E-state index in [-0.39, 0.29) is 12.8 Å². The lowest BCUT2D eigenvalue weighted by molar-refractivity contribution is -0.138. The third kappa shape index (κ3) is 5.88. The molecule has 1 aliphatic rings. The van der Waals surface area contributed by atoms with E-state index in [0.29, 0.717) is 12.8 Å². The van der Waals surface area contributed by atoms with Crippen LogP contribution < -0.4 is 31.8 Å². The Kier molecular flexibility index (Phi) is 8.68. The van der Waals surface area contributed by atoms with Gasteiger partial charge in [-0.1, -0.05) is 0 Å². The van der Waals surface area contributed by atoms with Gasteiger partial charge in [-0.2, -0.15) is 0 Å². The van der Waals surface area contributed by atoms with Crippen LogP contribution in [0.1, 0.15) is 82.8 Å². The molecule has 0 saturated carbocycles. The third-order valence-electron chi connectivity index (χ3n) is 8.59. The van der Waals surface area contributed by atoms with Crippen molar-refractivity contribution in [2.45, 2.75) is 67.2 Å². The number of hydrogen-bond donors (Lipinski definition) is 8. The van der Waals surface area contributed by atoms with E-state index < -0.39 is 11.9 Å². The van der Waals surface area contributed by atoms with E-state index in [1.54, 1.807) is 0 Å². The summed E-state index contributed by atoms with van der Waals surface area (Å²) in [5, 5.41) is 24.5. The number of H-pyrrole nitrogens is 4. The van der Waals surface area contributed by atoms with Crippen molar-refractivity contribution in [3.63, 3.8) is 0 Å². The zero-order chi connectivity index (χ0) is 32.0. The van der Waals surface area contributed by atoms with Gasteiger partial charge in [0.25, 0.3) is 0 Å². The van der Waals surface area contributed by atoms with Gasteiger partial charge in [-0.25, -0.2) is 0 Å². The van der Waals surface area contributed by atoms with Gasteiger partial charge in [0.2, 0.25) is 0 Å². The van der Waals surface area contributed by atoms with Crippen molar-refractivity contribution in [1.82, 2.24) is 19.9 Å². The average molecular weight is 631 g/mol. The highest BCUT2D eigenvalue weighted by Crippen LogP contribution is 2.22. The first-order chi connectivity index (χ1) is 20.8. The number of thiol groups is 2. The van der Waals surface area contributed by atoms with Gasteiger partial charge < -0.3 is 30.1 Å². The molecular formula is C34H38N4O4S2. The number of aromatic amines is 4. The fourth-order valence-corrected chi connectivity index (χ4v) is 6.87. The van der Waals surface area contributed by atoms with E-state index in [9.17, 15) is 19.8 Å². The largest absolute Gasteiger partial charge is 0.481 e. The Morgan fingerprint density at radius 2 is 1.00 bits per heavy atom. The molecule has 5 rings (SSSR count). The van der Waals surface area contributed by atoms with Crippen molar-refractivity contribution in [1.29, 1.82) is 0 Å². The lowest BCUT2D eigenvalue weighted by Crippen LogP contribution is -2.25. The first kappa shape index (κ1) is 31.4. The molecule has 1 aliphatic heterocycles. The Balaban J connectivity index is 1.98. The first-order valence-corrected chi connectivity index (χ1v) is 15.4. The molecule has 8 nitrogen and oxygen atoms in total. The van der Waals surface area contributed by atoms with Crippen molar-refractivity contribution in [3.8, 4) is 0 Å². The van der Waals surface area contributed by atoms with Gasteiger partial charge in [-0.05, 0) is 122 Å². The summed E-state index contributed by atoms with van der Waals surface area (Å²) in [7, 11) is 0. The minimum atomic E-state index is -0.869.